The highest BCUT2D eigenvalue weighted by Gasteiger charge is 2.12. The van der Waals surface area contributed by atoms with E-state index in [2.05, 4.69) is 61.5 Å². The number of allylic oxidation sites excluding steroid dienone is 4. The van der Waals surface area contributed by atoms with Crippen molar-refractivity contribution in [1.82, 2.24) is 0 Å². The van der Waals surface area contributed by atoms with Gasteiger partial charge in [0.1, 0.15) is 0 Å². The van der Waals surface area contributed by atoms with Crippen molar-refractivity contribution in [1.29, 1.82) is 0 Å². The molecule has 0 spiro atoms. The summed E-state index contributed by atoms with van der Waals surface area (Å²) in [5.74, 6) is 1.92. The minimum Gasteiger partial charge on any atom is -0.0779 e. The normalized spacial score (nSPS) is 12.9. The lowest BCUT2D eigenvalue weighted by atomic mass is 9.86. The van der Waals surface area contributed by atoms with Crippen LogP contribution in [-0.2, 0) is 0 Å². The molecule has 0 aliphatic rings. The summed E-state index contributed by atoms with van der Waals surface area (Å²) >= 11 is 0. The van der Waals surface area contributed by atoms with E-state index >= 15 is 0 Å². The van der Waals surface area contributed by atoms with Gasteiger partial charge in [0, 0.05) is 0 Å². The highest BCUT2D eigenvalue weighted by Crippen LogP contribution is 2.26. The zero-order valence-corrected chi connectivity index (χ0v) is 12.5. The van der Waals surface area contributed by atoms with E-state index in [-0.39, 0.29) is 0 Å². The zero-order chi connectivity index (χ0) is 12.9. The van der Waals surface area contributed by atoms with Gasteiger partial charge in [-0.3, -0.25) is 0 Å². The first kappa shape index (κ1) is 15.5. The molecule has 0 bridgehead atoms. The highest BCUT2D eigenvalue weighted by atomic mass is 14.2. The fraction of sp³-hybridized carbons (Fsp3) is 0.750. The van der Waals surface area contributed by atoms with Crippen LogP contribution in [0.25, 0.3) is 0 Å². The Labute approximate surface area is 103 Å². The molecule has 0 saturated heterocycles. The SMILES string of the molecule is CCC(=C(C)C)C(C)C=C(C(C)C)C(C)C. The molecule has 0 aromatic rings. The van der Waals surface area contributed by atoms with Gasteiger partial charge in [0.2, 0.25) is 0 Å². The first-order valence-electron chi connectivity index (χ1n) is 6.69. The van der Waals surface area contributed by atoms with Crippen molar-refractivity contribution in [2.45, 2.75) is 61.8 Å². The molecule has 0 heteroatoms. The molecule has 0 rings (SSSR count). The molecule has 16 heavy (non-hydrogen) atoms. The molecule has 0 fully saturated rings. The summed E-state index contributed by atoms with van der Waals surface area (Å²) in [7, 11) is 0. The van der Waals surface area contributed by atoms with Crippen LogP contribution >= 0.6 is 0 Å². The number of hydrogen-bond acceptors (Lipinski definition) is 0. The molecule has 0 nitrogen and oxygen atoms in total. The van der Waals surface area contributed by atoms with Crippen LogP contribution in [0.4, 0.5) is 0 Å². The van der Waals surface area contributed by atoms with Crippen molar-refractivity contribution in [2.24, 2.45) is 17.8 Å². The molecular weight excluding hydrogens is 192 g/mol. The first-order valence-corrected chi connectivity index (χ1v) is 6.69. The molecule has 1 unspecified atom stereocenters. The van der Waals surface area contributed by atoms with Gasteiger partial charge in [-0.1, -0.05) is 64.3 Å². The Hall–Kier alpha value is -0.520. The van der Waals surface area contributed by atoms with Crippen molar-refractivity contribution >= 4 is 0 Å². The van der Waals surface area contributed by atoms with Crippen LogP contribution in [0.3, 0.4) is 0 Å². The molecule has 0 aliphatic heterocycles. The fourth-order valence-electron chi connectivity index (χ4n) is 2.57. The molecule has 0 amide bonds. The van der Waals surface area contributed by atoms with Gasteiger partial charge in [0.15, 0.2) is 0 Å². The first-order chi connectivity index (χ1) is 7.31. The average Bonchev–Trinajstić information content (AvgIpc) is 2.13. The molecule has 0 saturated carbocycles. The van der Waals surface area contributed by atoms with Crippen molar-refractivity contribution in [2.75, 3.05) is 0 Å². The highest BCUT2D eigenvalue weighted by molar-refractivity contribution is 5.21. The fourth-order valence-corrected chi connectivity index (χ4v) is 2.57. The summed E-state index contributed by atoms with van der Waals surface area (Å²) in [6, 6.07) is 0. The van der Waals surface area contributed by atoms with E-state index in [0.29, 0.717) is 17.8 Å². The van der Waals surface area contributed by atoms with Crippen molar-refractivity contribution in [3.63, 3.8) is 0 Å². The standard InChI is InChI=1S/C16H30/c1-9-15(11(2)3)14(8)10-16(12(4)5)13(6)7/h10,12-14H,9H2,1-8H3. The minimum atomic E-state index is 0.592. The maximum absolute atomic E-state index is 2.49. The van der Waals surface area contributed by atoms with Crippen LogP contribution in [0.1, 0.15) is 61.8 Å². The summed E-state index contributed by atoms with van der Waals surface area (Å²) in [5.41, 5.74) is 4.68. The van der Waals surface area contributed by atoms with Gasteiger partial charge < -0.3 is 0 Å². The van der Waals surface area contributed by atoms with Crippen molar-refractivity contribution in [3.05, 3.63) is 22.8 Å². The van der Waals surface area contributed by atoms with E-state index in [0.717, 1.165) is 0 Å². The summed E-state index contributed by atoms with van der Waals surface area (Å²) < 4.78 is 0. The van der Waals surface area contributed by atoms with Crippen LogP contribution < -0.4 is 0 Å². The lowest BCUT2D eigenvalue weighted by Gasteiger charge is -2.20. The third kappa shape index (κ3) is 4.55. The van der Waals surface area contributed by atoms with Gasteiger partial charge in [0.05, 0.1) is 0 Å². The van der Waals surface area contributed by atoms with Gasteiger partial charge in [-0.25, -0.2) is 0 Å². The monoisotopic (exact) mass is 222 g/mol. The van der Waals surface area contributed by atoms with Gasteiger partial charge in [-0.05, 0) is 38.0 Å². The van der Waals surface area contributed by atoms with Crippen molar-refractivity contribution < 1.29 is 0 Å². The third-order valence-corrected chi connectivity index (χ3v) is 3.35. The second kappa shape index (κ2) is 6.93. The summed E-state index contributed by atoms with van der Waals surface area (Å²) in [4.78, 5) is 0. The topological polar surface area (TPSA) is 0 Å². The van der Waals surface area contributed by atoms with Crippen LogP contribution in [0, 0.1) is 17.8 Å². The van der Waals surface area contributed by atoms with E-state index in [1.165, 1.54) is 12.0 Å². The van der Waals surface area contributed by atoms with E-state index in [1.54, 1.807) is 11.1 Å². The largest absolute Gasteiger partial charge is 0.0779 e. The van der Waals surface area contributed by atoms with Crippen molar-refractivity contribution in [3.8, 4) is 0 Å². The van der Waals surface area contributed by atoms with Gasteiger partial charge in [0.25, 0.3) is 0 Å². The lowest BCUT2D eigenvalue weighted by molar-refractivity contribution is 0.609. The maximum Gasteiger partial charge on any atom is -0.00464 e. The predicted octanol–water partition coefficient (Wildman–Crippen LogP) is 5.61. The average molecular weight is 222 g/mol. The molecule has 0 heterocycles. The van der Waals surface area contributed by atoms with Crippen LogP contribution in [0.15, 0.2) is 22.8 Å². The van der Waals surface area contributed by atoms with E-state index in [1.807, 2.05) is 0 Å². The van der Waals surface area contributed by atoms with Crippen LogP contribution in [-0.4, -0.2) is 0 Å². The number of rotatable bonds is 5. The lowest BCUT2D eigenvalue weighted by Crippen LogP contribution is -2.06. The quantitative estimate of drug-likeness (QED) is 0.531. The second-order valence-electron chi connectivity index (χ2n) is 5.64. The van der Waals surface area contributed by atoms with Crippen LogP contribution in [0.5, 0.6) is 0 Å². The molecule has 94 valence electrons. The Morgan fingerprint density at radius 1 is 0.938 bits per heavy atom. The smallest absolute Gasteiger partial charge is 0.00464 e. The zero-order valence-electron chi connectivity index (χ0n) is 12.5. The molecular formula is C16H30. The molecule has 0 aromatic heterocycles. The summed E-state index contributed by atoms with van der Waals surface area (Å²) in [6.45, 7) is 18.2. The Morgan fingerprint density at radius 3 is 1.62 bits per heavy atom. The predicted molar refractivity (Wildman–Crippen MR) is 75.6 cm³/mol. The Balaban J connectivity index is 5.05. The van der Waals surface area contributed by atoms with E-state index in [9.17, 15) is 0 Å². The van der Waals surface area contributed by atoms with Gasteiger partial charge in [-0.15, -0.1) is 0 Å². The third-order valence-electron chi connectivity index (χ3n) is 3.35. The summed E-state index contributed by atoms with van der Waals surface area (Å²) in [5, 5.41) is 0. The molecule has 0 aliphatic carbocycles. The van der Waals surface area contributed by atoms with E-state index in [4.69, 9.17) is 0 Å². The Bertz CT molecular complexity index is 250. The maximum atomic E-state index is 2.49. The van der Waals surface area contributed by atoms with E-state index < -0.39 is 0 Å². The molecule has 0 aromatic carbocycles. The number of hydrogen-bond donors (Lipinski definition) is 0. The van der Waals surface area contributed by atoms with Crippen LogP contribution in [0.2, 0.25) is 0 Å². The molecule has 0 N–H and O–H groups in total. The molecule has 0 radical (unpaired) electrons. The Morgan fingerprint density at radius 2 is 1.38 bits per heavy atom. The Kier molecular flexibility index (Phi) is 6.71. The minimum absolute atomic E-state index is 0.592. The summed E-state index contributed by atoms with van der Waals surface area (Å²) in [6.07, 6.45) is 3.66. The molecule has 1 atom stereocenters. The van der Waals surface area contributed by atoms with Gasteiger partial charge in [-0.2, -0.15) is 0 Å². The second-order valence-corrected chi connectivity index (χ2v) is 5.64. The van der Waals surface area contributed by atoms with Gasteiger partial charge >= 0.3 is 0 Å².